The van der Waals surface area contributed by atoms with Crippen LogP contribution in [0, 0.1) is 0 Å². The number of nitrogens with two attached hydrogens (primary N) is 1. The molecule has 7 nitrogen and oxygen atoms in total. The fourth-order valence-electron chi connectivity index (χ4n) is 1.71. The smallest absolute Gasteiger partial charge is 0.444 e. The number of likely N-dealkylation sites (N-methyl/N-ethyl adjacent to an activating group) is 1. The molecule has 10 heteroatoms. The van der Waals surface area contributed by atoms with Crippen LogP contribution in [-0.2, 0) is 4.74 Å². The minimum atomic E-state index is -4.82. The maximum absolute atomic E-state index is 12.4. The van der Waals surface area contributed by atoms with Gasteiger partial charge in [0.2, 0.25) is 0 Å². The highest BCUT2D eigenvalue weighted by Crippen LogP contribution is 2.29. The van der Waals surface area contributed by atoms with Gasteiger partial charge in [0.05, 0.1) is 12.2 Å². The van der Waals surface area contributed by atoms with Crippen LogP contribution in [0.3, 0.4) is 0 Å². The largest absolute Gasteiger partial charge is 0.573 e. The van der Waals surface area contributed by atoms with Crippen molar-refractivity contribution in [2.75, 3.05) is 25.5 Å². The summed E-state index contributed by atoms with van der Waals surface area (Å²) >= 11 is 0. The number of nitrogens with one attached hydrogen (secondary N) is 1. The summed E-state index contributed by atoms with van der Waals surface area (Å²) in [5, 5.41) is 2.54. The fourth-order valence-corrected chi connectivity index (χ4v) is 1.71. The second-order valence-electron chi connectivity index (χ2n) is 6.34. The van der Waals surface area contributed by atoms with Crippen molar-refractivity contribution >= 4 is 17.7 Å². The number of para-hydroxylation sites is 2. The quantitative estimate of drug-likeness (QED) is 0.609. The Kier molecular flexibility index (Phi) is 7.10. The second kappa shape index (κ2) is 8.63. The standard InChI is InChI=1S/C16H23F3N4O3/c1-15(2,3)26-14(24)23(4)10-9-21-13(20)22-11-7-5-6-8-12(11)25-16(17,18)19/h5-8H,9-10H2,1-4H3,(H3,20,21,22). The van der Waals surface area contributed by atoms with Crippen molar-refractivity contribution in [1.82, 2.24) is 4.90 Å². The molecule has 0 atom stereocenters. The van der Waals surface area contributed by atoms with Crippen LogP contribution >= 0.6 is 0 Å². The molecule has 0 aliphatic rings. The normalized spacial score (nSPS) is 12.5. The van der Waals surface area contributed by atoms with E-state index in [0.717, 1.165) is 6.07 Å². The van der Waals surface area contributed by atoms with Gasteiger partial charge in [0.15, 0.2) is 11.7 Å². The van der Waals surface area contributed by atoms with Gasteiger partial charge in [-0.2, -0.15) is 0 Å². The maximum atomic E-state index is 12.4. The number of amides is 1. The molecule has 0 aliphatic carbocycles. The lowest BCUT2D eigenvalue weighted by Gasteiger charge is -2.24. The minimum Gasteiger partial charge on any atom is -0.444 e. The first-order chi connectivity index (χ1) is 11.9. The first-order valence-electron chi connectivity index (χ1n) is 7.73. The molecule has 146 valence electrons. The molecule has 0 bridgehead atoms. The average molecular weight is 376 g/mol. The Morgan fingerprint density at radius 3 is 2.46 bits per heavy atom. The number of ether oxygens (including phenoxy) is 2. The molecule has 1 aromatic rings. The predicted molar refractivity (Wildman–Crippen MR) is 92.1 cm³/mol. The van der Waals surface area contributed by atoms with E-state index < -0.39 is 23.8 Å². The molecule has 0 aliphatic heterocycles. The van der Waals surface area contributed by atoms with Gasteiger partial charge < -0.3 is 25.4 Å². The van der Waals surface area contributed by atoms with Gasteiger partial charge in [-0.1, -0.05) is 12.1 Å². The van der Waals surface area contributed by atoms with Gasteiger partial charge in [0, 0.05) is 13.6 Å². The Bertz CT molecular complexity index is 642. The van der Waals surface area contributed by atoms with E-state index in [2.05, 4.69) is 15.0 Å². The van der Waals surface area contributed by atoms with Crippen molar-refractivity contribution in [1.29, 1.82) is 0 Å². The second-order valence-corrected chi connectivity index (χ2v) is 6.34. The van der Waals surface area contributed by atoms with Crippen molar-refractivity contribution in [2.45, 2.75) is 32.7 Å². The van der Waals surface area contributed by atoms with E-state index in [0.29, 0.717) is 0 Å². The maximum Gasteiger partial charge on any atom is 0.573 e. The third-order valence-electron chi connectivity index (χ3n) is 2.80. The zero-order chi connectivity index (χ0) is 20.0. The molecular weight excluding hydrogens is 353 g/mol. The highest BCUT2D eigenvalue weighted by atomic mass is 19.4. The van der Waals surface area contributed by atoms with Gasteiger partial charge in [0.25, 0.3) is 0 Å². The van der Waals surface area contributed by atoms with Gasteiger partial charge in [-0.15, -0.1) is 13.2 Å². The highest BCUT2D eigenvalue weighted by Gasteiger charge is 2.32. The summed E-state index contributed by atoms with van der Waals surface area (Å²) in [5.41, 5.74) is 5.08. The lowest BCUT2D eigenvalue weighted by Crippen LogP contribution is -2.36. The van der Waals surface area contributed by atoms with Crippen LogP contribution in [0.5, 0.6) is 5.75 Å². The molecule has 1 rings (SSSR count). The number of hydrogen-bond acceptors (Lipinski definition) is 4. The number of aliphatic imine (C=N–C) groups is 1. The van der Waals surface area contributed by atoms with Crippen LogP contribution in [0.25, 0.3) is 0 Å². The van der Waals surface area contributed by atoms with Crippen molar-refractivity contribution < 1.29 is 27.4 Å². The number of rotatable bonds is 5. The van der Waals surface area contributed by atoms with Crippen molar-refractivity contribution in [3.05, 3.63) is 24.3 Å². The number of guanidine groups is 1. The van der Waals surface area contributed by atoms with E-state index in [9.17, 15) is 18.0 Å². The molecule has 0 fully saturated rings. The number of halogens is 3. The third kappa shape index (κ3) is 8.45. The molecule has 26 heavy (non-hydrogen) atoms. The fraction of sp³-hybridized carbons (Fsp3) is 0.500. The van der Waals surface area contributed by atoms with Gasteiger partial charge in [-0.3, -0.25) is 4.99 Å². The number of anilines is 1. The number of alkyl halides is 3. The Morgan fingerprint density at radius 1 is 1.27 bits per heavy atom. The monoisotopic (exact) mass is 376 g/mol. The van der Waals surface area contributed by atoms with E-state index in [1.807, 2.05) is 0 Å². The Balaban J connectivity index is 2.61. The van der Waals surface area contributed by atoms with Gasteiger partial charge in [-0.05, 0) is 32.9 Å². The Labute approximate surface area is 150 Å². The molecule has 3 N–H and O–H groups in total. The molecule has 1 aromatic carbocycles. The van der Waals surface area contributed by atoms with Gasteiger partial charge in [0.1, 0.15) is 5.60 Å². The lowest BCUT2D eigenvalue weighted by molar-refractivity contribution is -0.274. The molecule has 0 radical (unpaired) electrons. The predicted octanol–water partition coefficient (Wildman–Crippen LogP) is 3.18. The van der Waals surface area contributed by atoms with Crippen LogP contribution in [-0.4, -0.2) is 49.1 Å². The summed E-state index contributed by atoms with van der Waals surface area (Å²) in [6.07, 6.45) is -5.33. The van der Waals surface area contributed by atoms with Crippen LogP contribution < -0.4 is 15.8 Å². The summed E-state index contributed by atoms with van der Waals surface area (Å²) in [7, 11) is 1.54. The number of nitrogens with zero attached hydrogens (tertiary/aromatic N) is 2. The van der Waals surface area contributed by atoms with Crippen molar-refractivity contribution in [3.63, 3.8) is 0 Å². The van der Waals surface area contributed by atoms with E-state index in [1.54, 1.807) is 27.8 Å². The topological polar surface area (TPSA) is 89.2 Å². The number of benzene rings is 1. The van der Waals surface area contributed by atoms with Crippen molar-refractivity contribution in [2.24, 2.45) is 10.7 Å². The number of carbonyl (C=O) groups is 1. The summed E-state index contributed by atoms with van der Waals surface area (Å²) in [4.78, 5) is 17.1. The molecular formula is C16H23F3N4O3. The van der Waals surface area contributed by atoms with E-state index >= 15 is 0 Å². The SMILES string of the molecule is CN(CCN=C(N)Nc1ccccc1OC(F)(F)F)C(=O)OC(C)(C)C. The molecule has 0 aromatic heterocycles. The Hall–Kier alpha value is -2.65. The first kappa shape index (κ1) is 21.4. The summed E-state index contributed by atoms with van der Waals surface area (Å²) in [5.74, 6) is -0.537. The molecule has 0 saturated carbocycles. The zero-order valence-corrected chi connectivity index (χ0v) is 15.1. The molecule has 0 spiro atoms. The Morgan fingerprint density at radius 2 is 1.88 bits per heavy atom. The van der Waals surface area contributed by atoms with Crippen LogP contribution in [0.2, 0.25) is 0 Å². The first-order valence-corrected chi connectivity index (χ1v) is 7.73. The average Bonchev–Trinajstić information content (AvgIpc) is 2.46. The van der Waals surface area contributed by atoms with Gasteiger partial charge in [-0.25, -0.2) is 4.79 Å². The summed E-state index contributed by atoms with van der Waals surface area (Å²) < 4.78 is 46.2. The summed E-state index contributed by atoms with van der Waals surface area (Å²) in [6.45, 7) is 5.60. The van der Waals surface area contributed by atoms with E-state index in [1.165, 1.54) is 23.1 Å². The summed E-state index contributed by atoms with van der Waals surface area (Å²) in [6, 6.07) is 5.44. The molecule has 0 unspecified atom stereocenters. The van der Waals surface area contributed by atoms with Crippen molar-refractivity contribution in [3.8, 4) is 5.75 Å². The van der Waals surface area contributed by atoms with Crippen LogP contribution in [0.1, 0.15) is 20.8 Å². The zero-order valence-electron chi connectivity index (χ0n) is 15.1. The van der Waals surface area contributed by atoms with E-state index in [-0.39, 0.29) is 24.7 Å². The minimum absolute atomic E-state index is 0.0200. The lowest BCUT2D eigenvalue weighted by atomic mass is 10.2. The molecule has 0 heterocycles. The van der Waals surface area contributed by atoms with Gasteiger partial charge >= 0.3 is 12.5 Å². The van der Waals surface area contributed by atoms with E-state index in [4.69, 9.17) is 10.5 Å². The number of hydrogen-bond donors (Lipinski definition) is 2. The molecule has 0 saturated heterocycles. The molecule has 1 amide bonds. The number of carbonyl (C=O) groups excluding carboxylic acids is 1. The third-order valence-corrected chi connectivity index (χ3v) is 2.80. The van der Waals surface area contributed by atoms with Crippen LogP contribution in [0.4, 0.5) is 23.7 Å². The van der Waals surface area contributed by atoms with Crippen LogP contribution in [0.15, 0.2) is 29.3 Å². The highest BCUT2D eigenvalue weighted by molar-refractivity contribution is 5.93.